The Hall–Kier alpha value is -2.12. The molecule has 0 N–H and O–H groups in total. The number of carbonyl (C=O) groups is 1. The van der Waals surface area contributed by atoms with Crippen LogP contribution in [-0.4, -0.2) is 63.2 Å². The molecule has 1 atom stereocenters. The van der Waals surface area contributed by atoms with Crippen molar-refractivity contribution in [2.24, 2.45) is 7.05 Å². The highest BCUT2D eigenvalue weighted by Crippen LogP contribution is 2.27. The maximum absolute atomic E-state index is 13.3. The molecule has 1 aliphatic heterocycles. The Bertz CT molecular complexity index is 979. The lowest BCUT2D eigenvalue weighted by atomic mass is 10.0. The number of aryl methyl sites for hydroxylation is 2. The van der Waals surface area contributed by atoms with Crippen molar-refractivity contribution in [3.63, 3.8) is 0 Å². The summed E-state index contributed by atoms with van der Waals surface area (Å²) in [5, 5.41) is 0.410. The summed E-state index contributed by atoms with van der Waals surface area (Å²) in [5.74, 6) is 0.170. The van der Waals surface area contributed by atoms with Crippen molar-refractivity contribution in [3.8, 4) is 0 Å². The van der Waals surface area contributed by atoms with Gasteiger partial charge in [0.2, 0.25) is 5.91 Å². The van der Waals surface area contributed by atoms with Crippen molar-refractivity contribution in [1.82, 2.24) is 19.4 Å². The Balaban J connectivity index is 1.79. The third-order valence-corrected chi connectivity index (χ3v) is 7.55. The van der Waals surface area contributed by atoms with E-state index >= 15 is 0 Å². The average Bonchev–Trinajstić information content (AvgIpc) is 2.80. The Morgan fingerprint density at radius 3 is 2.34 bits per heavy atom. The summed E-state index contributed by atoms with van der Waals surface area (Å²) in [4.78, 5) is 35.6. The van der Waals surface area contributed by atoms with Gasteiger partial charge in [-0.1, -0.05) is 61.9 Å². The molecule has 174 valence electrons. The van der Waals surface area contributed by atoms with Crippen LogP contribution in [0, 0.1) is 13.8 Å². The summed E-state index contributed by atoms with van der Waals surface area (Å²) < 4.78 is 1.62. The highest BCUT2D eigenvalue weighted by molar-refractivity contribution is 8.00. The van der Waals surface area contributed by atoms with E-state index in [1.807, 2.05) is 11.8 Å². The van der Waals surface area contributed by atoms with Gasteiger partial charge in [-0.2, -0.15) is 0 Å². The van der Waals surface area contributed by atoms with Crippen LogP contribution in [0.1, 0.15) is 49.1 Å². The van der Waals surface area contributed by atoms with Gasteiger partial charge in [0.25, 0.3) is 5.56 Å². The predicted octanol–water partition coefficient (Wildman–Crippen LogP) is 3.41. The van der Waals surface area contributed by atoms with Crippen LogP contribution in [0.3, 0.4) is 0 Å². The van der Waals surface area contributed by atoms with Crippen LogP contribution in [0.15, 0.2) is 34.2 Å². The Labute approximate surface area is 196 Å². The molecule has 1 amide bonds. The number of hydrogen-bond donors (Lipinski definition) is 0. The molecule has 7 heteroatoms. The number of hydrogen-bond acceptors (Lipinski definition) is 5. The third kappa shape index (κ3) is 5.81. The van der Waals surface area contributed by atoms with Gasteiger partial charge < -0.3 is 9.80 Å². The Morgan fingerprint density at radius 1 is 1.09 bits per heavy atom. The van der Waals surface area contributed by atoms with Gasteiger partial charge in [0.05, 0.1) is 5.25 Å². The molecule has 2 heterocycles. The molecule has 32 heavy (non-hydrogen) atoms. The number of rotatable bonds is 8. The molecule has 0 saturated carbocycles. The fourth-order valence-electron chi connectivity index (χ4n) is 4.06. The number of likely N-dealkylation sites (N-methyl/N-ethyl adjacent to an activating group) is 1. The molecular formula is C25H36N4O2S. The number of piperazine rings is 1. The van der Waals surface area contributed by atoms with Gasteiger partial charge in [-0.25, -0.2) is 4.98 Å². The van der Waals surface area contributed by atoms with E-state index in [1.54, 1.807) is 11.6 Å². The molecule has 0 aliphatic carbocycles. The van der Waals surface area contributed by atoms with Gasteiger partial charge in [0.1, 0.15) is 0 Å². The molecule has 0 spiro atoms. The fraction of sp³-hybridized carbons (Fsp3) is 0.560. The highest BCUT2D eigenvalue weighted by Gasteiger charge is 2.29. The molecule has 1 aromatic heterocycles. The van der Waals surface area contributed by atoms with E-state index in [0.717, 1.165) is 62.4 Å². The second kappa shape index (κ2) is 11.1. The monoisotopic (exact) mass is 456 g/mol. The van der Waals surface area contributed by atoms with E-state index in [2.05, 4.69) is 49.9 Å². The second-order valence-electron chi connectivity index (χ2n) is 8.64. The molecule has 3 rings (SSSR count). The molecule has 1 aromatic carbocycles. The molecule has 0 bridgehead atoms. The van der Waals surface area contributed by atoms with E-state index < -0.39 is 0 Å². The Kier molecular flexibility index (Phi) is 8.54. The van der Waals surface area contributed by atoms with Gasteiger partial charge in [-0.05, 0) is 32.4 Å². The summed E-state index contributed by atoms with van der Waals surface area (Å²) >= 11 is 1.44. The van der Waals surface area contributed by atoms with E-state index in [4.69, 9.17) is 4.98 Å². The predicted molar refractivity (Wildman–Crippen MR) is 131 cm³/mol. The minimum absolute atomic E-state index is 0.0279. The minimum Gasteiger partial charge on any atom is -0.339 e. The summed E-state index contributed by atoms with van der Waals surface area (Å²) in [5.41, 5.74) is 3.74. The normalized spacial score (nSPS) is 15.7. The number of aromatic nitrogens is 2. The van der Waals surface area contributed by atoms with E-state index in [-0.39, 0.29) is 16.7 Å². The van der Waals surface area contributed by atoms with Crippen LogP contribution in [0.4, 0.5) is 0 Å². The van der Waals surface area contributed by atoms with Gasteiger partial charge in [-0.15, -0.1) is 0 Å². The number of nitrogens with zero attached hydrogens (tertiary/aromatic N) is 4. The molecular weight excluding hydrogens is 420 g/mol. The van der Waals surface area contributed by atoms with Gasteiger partial charge >= 0.3 is 0 Å². The summed E-state index contributed by atoms with van der Waals surface area (Å²) in [6.45, 7) is 12.6. The van der Waals surface area contributed by atoms with Crippen molar-refractivity contribution in [2.75, 3.05) is 32.7 Å². The first-order valence-corrected chi connectivity index (χ1v) is 12.5. The summed E-state index contributed by atoms with van der Waals surface area (Å²) in [7, 11) is 1.77. The molecule has 2 aromatic rings. The zero-order chi connectivity index (χ0) is 23.3. The van der Waals surface area contributed by atoms with Gasteiger partial charge in [0.15, 0.2) is 5.16 Å². The van der Waals surface area contributed by atoms with Crippen LogP contribution in [0.25, 0.3) is 0 Å². The Morgan fingerprint density at radius 2 is 1.75 bits per heavy atom. The number of thioether (sulfide) groups is 1. The number of amides is 1. The fourth-order valence-corrected chi connectivity index (χ4v) is 5.35. The summed E-state index contributed by atoms with van der Waals surface area (Å²) in [6, 6.07) is 8.25. The van der Waals surface area contributed by atoms with Gasteiger partial charge in [-0.3, -0.25) is 14.2 Å². The molecule has 0 radical (unpaired) electrons. The lowest BCUT2D eigenvalue weighted by molar-refractivity contribution is -0.132. The van der Waals surface area contributed by atoms with E-state index in [0.29, 0.717) is 11.6 Å². The quantitative estimate of drug-likeness (QED) is 0.450. The van der Waals surface area contributed by atoms with E-state index in [9.17, 15) is 9.59 Å². The first-order valence-electron chi connectivity index (χ1n) is 11.6. The molecule has 1 fully saturated rings. The first-order chi connectivity index (χ1) is 15.3. The standard InChI is InChI=1S/C25H36N4O2S/c1-6-8-22(24(31)29-15-13-28(7-2)14-16-29)32-25-26-19(4)21(23(30)27(25)5)17-20-11-9-18(3)10-12-20/h9-12,22H,6-8,13-17H2,1-5H3. The van der Waals surface area contributed by atoms with Crippen molar-refractivity contribution >= 4 is 17.7 Å². The zero-order valence-electron chi connectivity index (χ0n) is 20.1. The highest BCUT2D eigenvalue weighted by atomic mass is 32.2. The van der Waals surface area contributed by atoms with Crippen molar-refractivity contribution in [3.05, 3.63) is 57.0 Å². The maximum Gasteiger partial charge on any atom is 0.257 e. The molecule has 1 saturated heterocycles. The minimum atomic E-state index is -0.214. The van der Waals surface area contributed by atoms with Crippen LogP contribution < -0.4 is 5.56 Å². The number of benzene rings is 1. The number of carbonyl (C=O) groups excluding carboxylic acids is 1. The van der Waals surface area contributed by atoms with Crippen molar-refractivity contribution in [1.29, 1.82) is 0 Å². The molecule has 1 aliphatic rings. The largest absolute Gasteiger partial charge is 0.339 e. The topological polar surface area (TPSA) is 58.4 Å². The van der Waals surface area contributed by atoms with Crippen LogP contribution >= 0.6 is 11.8 Å². The van der Waals surface area contributed by atoms with Crippen molar-refractivity contribution < 1.29 is 4.79 Å². The van der Waals surface area contributed by atoms with Crippen LogP contribution in [0.5, 0.6) is 0 Å². The average molecular weight is 457 g/mol. The molecule has 6 nitrogen and oxygen atoms in total. The van der Waals surface area contributed by atoms with Crippen LogP contribution in [-0.2, 0) is 18.3 Å². The molecule has 1 unspecified atom stereocenters. The maximum atomic E-state index is 13.3. The van der Waals surface area contributed by atoms with Crippen LogP contribution in [0.2, 0.25) is 0 Å². The zero-order valence-corrected chi connectivity index (χ0v) is 20.9. The van der Waals surface area contributed by atoms with E-state index in [1.165, 1.54) is 17.3 Å². The smallest absolute Gasteiger partial charge is 0.257 e. The lowest BCUT2D eigenvalue weighted by Gasteiger charge is -2.35. The lowest BCUT2D eigenvalue weighted by Crippen LogP contribution is -2.50. The van der Waals surface area contributed by atoms with Crippen molar-refractivity contribution in [2.45, 2.75) is 57.4 Å². The SMILES string of the molecule is CCCC(Sc1nc(C)c(Cc2ccc(C)cc2)c(=O)n1C)C(=O)N1CCN(CC)CC1. The second-order valence-corrected chi connectivity index (χ2v) is 9.81. The summed E-state index contributed by atoms with van der Waals surface area (Å²) in [6.07, 6.45) is 2.25. The first kappa shape index (κ1) is 24.5. The third-order valence-electron chi connectivity index (χ3n) is 6.26. The van der Waals surface area contributed by atoms with Gasteiger partial charge in [0, 0.05) is 50.9 Å².